The van der Waals surface area contributed by atoms with E-state index < -0.39 is 36.3 Å². The molecule has 5 rings (SSSR count). The van der Waals surface area contributed by atoms with Crippen molar-refractivity contribution in [1.82, 2.24) is 10.6 Å². The van der Waals surface area contributed by atoms with Crippen LogP contribution >= 0.6 is 0 Å². The highest BCUT2D eigenvalue weighted by Gasteiger charge is 2.35. The van der Waals surface area contributed by atoms with Gasteiger partial charge in [0.1, 0.15) is 6.10 Å². The summed E-state index contributed by atoms with van der Waals surface area (Å²) in [6, 6.07) is 25.8. The monoisotopic (exact) mass is 572 g/mol. The number of carbonyl (C=O) groups excluding carboxylic acids is 2. The molecule has 0 bridgehead atoms. The summed E-state index contributed by atoms with van der Waals surface area (Å²) in [6.45, 7) is 1.01. The third-order valence-corrected chi connectivity index (χ3v) is 8.18. The minimum atomic E-state index is -1.04. The fraction of sp³-hybridized carbons (Fsp3) is 0.412. The second-order valence-electron chi connectivity index (χ2n) is 11.3. The predicted octanol–water partition coefficient (Wildman–Crippen LogP) is 3.89. The Bertz CT molecular complexity index is 1300. The highest BCUT2D eigenvalue weighted by molar-refractivity contribution is 5.80. The summed E-state index contributed by atoms with van der Waals surface area (Å²) in [5.74, 6) is -0.857. The van der Waals surface area contributed by atoms with Gasteiger partial charge in [-0.15, -0.1) is 0 Å². The maximum atomic E-state index is 13.8. The first-order chi connectivity index (χ1) is 20.5. The number of amides is 2. The molecule has 1 heterocycles. The van der Waals surface area contributed by atoms with Gasteiger partial charge in [0.15, 0.2) is 0 Å². The summed E-state index contributed by atoms with van der Waals surface area (Å²) >= 11 is 0. The van der Waals surface area contributed by atoms with E-state index in [-0.39, 0.29) is 18.4 Å². The standard InChI is InChI=1S/C34H40N2O6/c37-30(29(19-24-12-5-2-6-13-24)35-34(40)42-27-15-9-17-41-22-27)21-26(18-23-10-3-1-4-11-23)33(39)36-32-28-16-8-7-14-25(28)20-31(32)38/h1-8,10-14,16,26-27,29-32,37-38H,9,15,17-22H2,(H,35,40)(H,36,39)/t26-,27+,29-,30-,31+,32-/m0/s1. The van der Waals surface area contributed by atoms with Crippen LogP contribution in [-0.4, -0.2) is 59.8 Å². The van der Waals surface area contributed by atoms with Gasteiger partial charge in [0.25, 0.3) is 0 Å². The largest absolute Gasteiger partial charge is 0.444 e. The van der Waals surface area contributed by atoms with E-state index in [0.29, 0.717) is 32.5 Å². The third-order valence-electron chi connectivity index (χ3n) is 8.18. The van der Waals surface area contributed by atoms with E-state index in [2.05, 4.69) is 10.6 Å². The van der Waals surface area contributed by atoms with Gasteiger partial charge in [-0.3, -0.25) is 4.79 Å². The van der Waals surface area contributed by atoms with Crippen LogP contribution in [0, 0.1) is 5.92 Å². The summed E-state index contributed by atoms with van der Waals surface area (Å²) in [7, 11) is 0. The molecule has 1 saturated heterocycles. The molecular formula is C34H40N2O6. The van der Waals surface area contributed by atoms with E-state index in [1.165, 1.54) is 0 Å². The molecule has 0 radical (unpaired) electrons. The molecule has 1 aliphatic carbocycles. The second kappa shape index (κ2) is 14.4. The molecule has 42 heavy (non-hydrogen) atoms. The molecule has 3 aromatic carbocycles. The molecule has 0 aromatic heterocycles. The van der Waals surface area contributed by atoms with E-state index in [9.17, 15) is 19.8 Å². The number of aliphatic hydroxyl groups is 2. The summed E-state index contributed by atoms with van der Waals surface area (Å²) < 4.78 is 11.0. The van der Waals surface area contributed by atoms with Crippen molar-refractivity contribution in [3.63, 3.8) is 0 Å². The van der Waals surface area contributed by atoms with Crippen LogP contribution in [0.4, 0.5) is 4.79 Å². The topological polar surface area (TPSA) is 117 Å². The van der Waals surface area contributed by atoms with Crippen LogP contribution < -0.4 is 10.6 Å². The summed E-state index contributed by atoms with van der Waals surface area (Å²) in [6.07, 6.45) is 0.202. The van der Waals surface area contributed by atoms with Crippen LogP contribution in [0.25, 0.3) is 0 Å². The number of fused-ring (bicyclic) bond motifs is 1. The molecule has 1 fully saturated rings. The Hall–Kier alpha value is -3.72. The van der Waals surface area contributed by atoms with Crippen LogP contribution in [0.3, 0.4) is 0 Å². The van der Waals surface area contributed by atoms with Crippen molar-refractivity contribution in [2.24, 2.45) is 5.92 Å². The number of hydrogen-bond donors (Lipinski definition) is 4. The van der Waals surface area contributed by atoms with Crippen molar-refractivity contribution in [3.05, 3.63) is 107 Å². The van der Waals surface area contributed by atoms with Crippen molar-refractivity contribution < 1.29 is 29.3 Å². The van der Waals surface area contributed by atoms with Gasteiger partial charge in [-0.05, 0) is 54.4 Å². The molecule has 2 amide bonds. The van der Waals surface area contributed by atoms with Crippen LogP contribution in [0.15, 0.2) is 84.9 Å². The number of hydrogen-bond acceptors (Lipinski definition) is 6. The Balaban J connectivity index is 1.32. The number of rotatable bonds is 11. The summed E-state index contributed by atoms with van der Waals surface area (Å²) in [4.78, 5) is 26.7. The number of benzene rings is 3. The first kappa shape index (κ1) is 29.8. The molecule has 8 heteroatoms. The molecule has 4 N–H and O–H groups in total. The molecule has 2 aliphatic rings. The highest BCUT2D eigenvalue weighted by atomic mass is 16.6. The van der Waals surface area contributed by atoms with Crippen LogP contribution in [0.1, 0.15) is 47.6 Å². The molecule has 222 valence electrons. The second-order valence-corrected chi connectivity index (χ2v) is 11.3. The Morgan fingerprint density at radius 2 is 1.60 bits per heavy atom. The van der Waals surface area contributed by atoms with E-state index in [4.69, 9.17) is 9.47 Å². The van der Waals surface area contributed by atoms with Gasteiger partial charge in [0.05, 0.1) is 30.9 Å². The fourth-order valence-corrected chi connectivity index (χ4v) is 5.95. The predicted molar refractivity (Wildman–Crippen MR) is 159 cm³/mol. The Labute approximate surface area is 247 Å². The molecule has 3 aromatic rings. The van der Waals surface area contributed by atoms with Crippen molar-refractivity contribution in [2.75, 3.05) is 13.2 Å². The molecule has 1 aliphatic heterocycles. The van der Waals surface area contributed by atoms with Crippen molar-refractivity contribution in [1.29, 1.82) is 0 Å². The lowest BCUT2D eigenvalue weighted by molar-refractivity contribution is -0.127. The average molecular weight is 573 g/mol. The van der Waals surface area contributed by atoms with Gasteiger partial charge in [-0.1, -0.05) is 84.9 Å². The molecule has 0 saturated carbocycles. The minimum absolute atomic E-state index is 0.107. The maximum Gasteiger partial charge on any atom is 0.407 e. The zero-order valence-corrected chi connectivity index (χ0v) is 23.7. The molecule has 6 atom stereocenters. The minimum Gasteiger partial charge on any atom is -0.444 e. The van der Waals surface area contributed by atoms with Crippen molar-refractivity contribution in [2.45, 2.75) is 68.9 Å². The van der Waals surface area contributed by atoms with Crippen molar-refractivity contribution in [3.8, 4) is 0 Å². The van der Waals surface area contributed by atoms with Gasteiger partial charge < -0.3 is 30.3 Å². The molecule has 0 unspecified atom stereocenters. The lowest BCUT2D eigenvalue weighted by Crippen LogP contribution is -2.48. The lowest BCUT2D eigenvalue weighted by atomic mass is 9.88. The number of alkyl carbamates (subject to hydrolysis) is 1. The van der Waals surface area contributed by atoms with E-state index in [1.807, 2.05) is 84.9 Å². The Kier molecular flexibility index (Phi) is 10.2. The van der Waals surface area contributed by atoms with Gasteiger partial charge in [0, 0.05) is 18.9 Å². The summed E-state index contributed by atoms with van der Waals surface area (Å²) in [5.41, 5.74) is 3.83. The third kappa shape index (κ3) is 7.97. The quantitative estimate of drug-likeness (QED) is 0.277. The molecular weight excluding hydrogens is 532 g/mol. The summed E-state index contributed by atoms with van der Waals surface area (Å²) in [5, 5.41) is 28.3. The fourth-order valence-electron chi connectivity index (χ4n) is 5.95. The number of aliphatic hydroxyl groups excluding tert-OH is 2. The van der Waals surface area contributed by atoms with Gasteiger partial charge in [-0.25, -0.2) is 4.79 Å². The average Bonchev–Trinajstić information content (AvgIpc) is 3.32. The van der Waals surface area contributed by atoms with Gasteiger partial charge in [0.2, 0.25) is 5.91 Å². The van der Waals surface area contributed by atoms with Gasteiger partial charge in [-0.2, -0.15) is 0 Å². The van der Waals surface area contributed by atoms with Crippen LogP contribution in [0.5, 0.6) is 0 Å². The zero-order chi connectivity index (χ0) is 29.3. The number of carbonyl (C=O) groups is 2. The maximum absolute atomic E-state index is 13.8. The molecule has 8 nitrogen and oxygen atoms in total. The Morgan fingerprint density at radius 1 is 0.929 bits per heavy atom. The van der Waals surface area contributed by atoms with Crippen LogP contribution in [-0.2, 0) is 33.5 Å². The van der Waals surface area contributed by atoms with E-state index >= 15 is 0 Å². The number of nitrogens with one attached hydrogen (secondary N) is 2. The van der Waals surface area contributed by atoms with Gasteiger partial charge >= 0.3 is 6.09 Å². The van der Waals surface area contributed by atoms with E-state index in [1.54, 1.807) is 0 Å². The number of ether oxygens (including phenoxy) is 2. The highest BCUT2D eigenvalue weighted by Crippen LogP contribution is 2.32. The first-order valence-corrected chi connectivity index (χ1v) is 14.8. The Morgan fingerprint density at radius 3 is 2.29 bits per heavy atom. The zero-order valence-electron chi connectivity index (χ0n) is 23.7. The molecule has 0 spiro atoms. The smallest absolute Gasteiger partial charge is 0.407 e. The normalized spacial score (nSPS) is 21.9. The first-order valence-electron chi connectivity index (χ1n) is 14.8. The van der Waals surface area contributed by atoms with Crippen LogP contribution in [0.2, 0.25) is 0 Å². The van der Waals surface area contributed by atoms with Crippen molar-refractivity contribution >= 4 is 12.0 Å². The van der Waals surface area contributed by atoms with E-state index in [0.717, 1.165) is 35.1 Å². The SMILES string of the molecule is O=C(N[C@@H](Cc1ccccc1)[C@@H](O)C[C@H](Cc1ccccc1)C(=O)N[C@H]1c2ccccc2C[C@H]1O)O[C@@H]1CCCOC1. The lowest BCUT2D eigenvalue weighted by Gasteiger charge is -2.29.